The molecule has 0 heterocycles. The Labute approximate surface area is 104 Å². The lowest BCUT2D eigenvalue weighted by molar-refractivity contribution is 0.0752. The van der Waals surface area contributed by atoms with Gasteiger partial charge in [0.1, 0.15) is 0 Å². The van der Waals surface area contributed by atoms with Gasteiger partial charge in [0.25, 0.3) is 0 Å². The molecule has 0 fully saturated rings. The van der Waals surface area contributed by atoms with Gasteiger partial charge in [0.05, 0.1) is 19.3 Å². The molecule has 0 aliphatic carbocycles. The van der Waals surface area contributed by atoms with Gasteiger partial charge in [-0.3, -0.25) is 4.90 Å². The molecule has 17 heavy (non-hydrogen) atoms. The second-order valence-electron chi connectivity index (χ2n) is 3.70. The summed E-state index contributed by atoms with van der Waals surface area (Å²) in [7, 11) is 3.37. The quantitative estimate of drug-likeness (QED) is 0.477. The second kappa shape index (κ2) is 13.4. The molecule has 0 aliphatic heterocycles. The highest BCUT2D eigenvalue weighted by molar-refractivity contribution is 4.72. The molecule has 0 N–H and O–H groups in total. The number of methoxy groups -OCH3 is 2. The van der Waals surface area contributed by atoms with Crippen molar-refractivity contribution in [3.8, 4) is 6.07 Å². The summed E-state index contributed by atoms with van der Waals surface area (Å²) in [6.45, 7) is 5.32. The van der Waals surface area contributed by atoms with Gasteiger partial charge in [-0.1, -0.05) is 0 Å². The van der Waals surface area contributed by atoms with E-state index in [1.807, 2.05) is 0 Å². The summed E-state index contributed by atoms with van der Waals surface area (Å²) in [5.74, 6) is 0. The first-order valence-electron chi connectivity index (χ1n) is 6.00. The van der Waals surface area contributed by atoms with Crippen LogP contribution in [0.4, 0.5) is 0 Å². The van der Waals surface area contributed by atoms with Crippen LogP contribution in [-0.4, -0.2) is 65.2 Å². The van der Waals surface area contributed by atoms with Crippen LogP contribution >= 0.6 is 0 Å². The van der Waals surface area contributed by atoms with Crippen LogP contribution in [0.25, 0.3) is 0 Å². The van der Waals surface area contributed by atoms with Gasteiger partial charge in [-0.05, 0) is 6.42 Å². The van der Waals surface area contributed by atoms with E-state index in [9.17, 15) is 0 Å². The fourth-order valence-corrected chi connectivity index (χ4v) is 1.36. The predicted molar refractivity (Wildman–Crippen MR) is 65.9 cm³/mol. The molecule has 0 aromatic rings. The van der Waals surface area contributed by atoms with E-state index in [2.05, 4.69) is 11.0 Å². The van der Waals surface area contributed by atoms with Crippen LogP contribution in [0.3, 0.4) is 0 Å². The van der Waals surface area contributed by atoms with Crippen LogP contribution < -0.4 is 0 Å². The average Bonchev–Trinajstić information content (AvgIpc) is 2.35. The largest absolute Gasteiger partial charge is 0.385 e. The van der Waals surface area contributed by atoms with Crippen molar-refractivity contribution in [1.82, 2.24) is 4.90 Å². The molecule has 0 bridgehead atoms. The van der Waals surface area contributed by atoms with Crippen molar-refractivity contribution in [2.24, 2.45) is 0 Å². The van der Waals surface area contributed by atoms with Crippen LogP contribution in [0.5, 0.6) is 0 Å². The molecule has 0 saturated carbocycles. The molecule has 0 rings (SSSR count). The molecule has 0 aromatic heterocycles. The van der Waals surface area contributed by atoms with Gasteiger partial charge in [-0.2, -0.15) is 5.26 Å². The normalized spacial score (nSPS) is 10.7. The Bertz CT molecular complexity index is 195. The van der Waals surface area contributed by atoms with Gasteiger partial charge in [0.2, 0.25) is 0 Å². The zero-order valence-corrected chi connectivity index (χ0v) is 11.0. The summed E-state index contributed by atoms with van der Waals surface area (Å²) in [6.07, 6.45) is 1.47. The van der Waals surface area contributed by atoms with E-state index in [-0.39, 0.29) is 0 Å². The predicted octanol–water partition coefficient (Wildman–Crippen LogP) is 0.902. The Morgan fingerprint density at radius 2 is 1.65 bits per heavy atom. The molecule has 0 saturated heterocycles. The van der Waals surface area contributed by atoms with Crippen LogP contribution in [0.1, 0.15) is 12.8 Å². The highest BCUT2D eigenvalue weighted by Gasteiger charge is 2.03. The van der Waals surface area contributed by atoms with Crippen molar-refractivity contribution >= 4 is 0 Å². The maximum absolute atomic E-state index is 8.56. The monoisotopic (exact) mass is 244 g/mol. The van der Waals surface area contributed by atoms with E-state index in [0.717, 1.165) is 39.3 Å². The molecule has 0 amide bonds. The van der Waals surface area contributed by atoms with E-state index >= 15 is 0 Å². The Morgan fingerprint density at radius 3 is 2.29 bits per heavy atom. The summed E-state index contributed by atoms with van der Waals surface area (Å²) >= 11 is 0. The minimum Gasteiger partial charge on any atom is -0.385 e. The summed E-state index contributed by atoms with van der Waals surface area (Å²) in [4.78, 5) is 2.18. The van der Waals surface area contributed by atoms with Gasteiger partial charge in [0.15, 0.2) is 0 Å². The number of nitriles is 1. The lowest BCUT2D eigenvalue weighted by Crippen LogP contribution is -2.31. The number of hydrogen-bond acceptors (Lipinski definition) is 5. The van der Waals surface area contributed by atoms with Crippen LogP contribution in [-0.2, 0) is 14.2 Å². The summed E-state index contributed by atoms with van der Waals surface area (Å²) < 4.78 is 15.4. The van der Waals surface area contributed by atoms with Crippen molar-refractivity contribution in [3.63, 3.8) is 0 Å². The zero-order valence-electron chi connectivity index (χ0n) is 11.0. The number of nitrogens with zero attached hydrogens (tertiary/aromatic N) is 2. The fraction of sp³-hybridized carbons (Fsp3) is 0.917. The van der Waals surface area contributed by atoms with E-state index in [1.54, 1.807) is 14.2 Å². The Morgan fingerprint density at radius 1 is 0.941 bits per heavy atom. The van der Waals surface area contributed by atoms with Crippen LogP contribution in [0.2, 0.25) is 0 Å². The topological polar surface area (TPSA) is 54.7 Å². The highest BCUT2D eigenvalue weighted by atomic mass is 16.5. The van der Waals surface area contributed by atoms with Crippen molar-refractivity contribution in [2.75, 3.05) is 60.3 Å². The first-order valence-corrected chi connectivity index (χ1v) is 6.00. The molecular formula is C12H24N2O3. The van der Waals surface area contributed by atoms with Crippen molar-refractivity contribution in [1.29, 1.82) is 5.26 Å². The SMILES string of the molecule is COCCCOCCN(CCC#N)CCOC. The third-order valence-electron chi connectivity index (χ3n) is 2.34. The maximum atomic E-state index is 8.56. The molecule has 0 atom stereocenters. The van der Waals surface area contributed by atoms with E-state index < -0.39 is 0 Å². The summed E-state index contributed by atoms with van der Waals surface area (Å²) in [5.41, 5.74) is 0. The summed E-state index contributed by atoms with van der Waals surface area (Å²) in [6, 6.07) is 2.15. The molecule has 0 unspecified atom stereocenters. The molecule has 0 aromatic carbocycles. The number of rotatable bonds is 12. The summed E-state index contributed by atoms with van der Waals surface area (Å²) in [5, 5.41) is 8.56. The fourth-order valence-electron chi connectivity index (χ4n) is 1.36. The molecule has 0 radical (unpaired) electrons. The lowest BCUT2D eigenvalue weighted by atomic mass is 10.4. The van der Waals surface area contributed by atoms with Crippen LogP contribution in [0, 0.1) is 11.3 Å². The van der Waals surface area contributed by atoms with Crippen molar-refractivity contribution in [3.05, 3.63) is 0 Å². The van der Waals surface area contributed by atoms with Gasteiger partial charge in [0, 0.05) is 53.5 Å². The van der Waals surface area contributed by atoms with Crippen LogP contribution in [0.15, 0.2) is 0 Å². The van der Waals surface area contributed by atoms with Gasteiger partial charge >= 0.3 is 0 Å². The highest BCUT2D eigenvalue weighted by Crippen LogP contribution is 1.93. The molecule has 5 heteroatoms. The molecular weight excluding hydrogens is 220 g/mol. The average molecular weight is 244 g/mol. The van der Waals surface area contributed by atoms with E-state index in [1.165, 1.54) is 0 Å². The molecule has 0 aliphatic rings. The minimum atomic E-state index is 0.549. The first-order chi connectivity index (χ1) is 8.35. The Hall–Kier alpha value is -0.670. The Balaban J connectivity index is 3.50. The zero-order chi connectivity index (χ0) is 12.8. The standard InChI is InChI=1S/C12H24N2O3/c1-15-9-4-10-17-12-8-14(6-3-5-13)7-11-16-2/h3-4,6-12H2,1-2H3. The minimum absolute atomic E-state index is 0.549. The van der Waals surface area contributed by atoms with Gasteiger partial charge in [-0.25, -0.2) is 0 Å². The number of hydrogen-bond donors (Lipinski definition) is 0. The number of ether oxygens (including phenoxy) is 3. The van der Waals surface area contributed by atoms with Gasteiger partial charge < -0.3 is 14.2 Å². The molecule has 5 nitrogen and oxygen atoms in total. The smallest absolute Gasteiger partial charge is 0.0635 e. The maximum Gasteiger partial charge on any atom is 0.0635 e. The molecule has 0 spiro atoms. The third-order valence-corrected chi connectivity index (χ3v) is 2.34. The third kappa shape index (κ3) is 11.6. The van der Waals surface area contributed by atoms with E-state index in [4.69, 9.17) is 19.5 Å². The lowest BCUT2D eigenvalue weighted by Gasteiger charge is -2.20. The molecule has 100 valence electrons. The van der Waals surface area contributed by atoms with Gasteiger partial charge in [-0.15, -0.1) is 0 Å². The Kier molecular flexibility index (Phi) is 12.9. The van der Waals surface area contributed by atoms with E-state index in [0.29, 0.717) is 19.6 Å². The van der Waals surface area contributed by atoms with Crippen molar-refractivity contribution < 1.29 is 14.2 Å². The second-order valence-corrected chi connectivity index (χ2v) is 3.70. The first kappa shape index (κ1) is 16.3. The van der Waals surface area contributed by atoms with Crippen molar-refractivity contribution in [2.45, 2.75) is 12.8 Å².